The molecular weight excluding hydrogens is 702 g/mol. The molecule has 3 amide bonds. The van der Waals surface area contributed by atoms with Crippen LogP contribution >= 0.6 is 0 Å². The highest BCUT2D eigenvalue weighted by Crippen LogP contribution is 2.44. The van der Waals surface area contributed by atoms with Crippen LogP contribution in [0.15, 0.2) is 104 Å². The van der Waals surface area contributed by atoms with Crippen LogP contribution < -0.4 is 10.6 Å². The van der Waals surface area contributed by atoms with E-state index in [0.29, 0.717) is 24.9 Å². The van der Waals surface area contributed by atoms with Gasteiger partial charge < -0.3 is 34.9 Å². The first-order chi connectivity index (χ1) is 26.7. The van der Waals surface area contributed by atoms with Gasteiger partial charge in [0.15, 0.2) is 6.04 Å². The van der Waals surface area contributed by atoms with Gasteiger partial charge in [0.05, 0.1) is 18.6 Å². The van der Waals surface area contributed by atoms with Crippen LogP contribution in [0.3, 0.4) is 0 Å². The fourth-order valence-corrected chi connectivity index (χ4v) is 7.04. The van der Waals surface area contributed by atoms with E-state index in [1.54, 1.807) is 35.2 Å². The number of alkyl carbamates (subject to hydrolysis) is 1. The Morgan fingerprint density at radius 2 is 1.47 bits per heavy atom. The van der Waals surface area contributed by atoms with Crippen molar-refractivity contribution >= 4 is 29.8 Å². The first-order valence-corrected chi connectivity index (χ1v) is 18.6. The highest BCUT2D eigenvalue weighted by Gasteiger charge is 2.34. The van der Waals surface area contributed by atoms with Crippen molar-refractivity contribution in [1.82, 2.24) is 15.5 Å². The predicted molar refractivity (Wildman–Crippen MR) is 205 cm³/mol. The van der Waals surface area contributed by atoms with Crippen molar-refractivity contribution < 1.29 is 43.3 Å². The summed E-state index contributed by atoms with van der Waals surface area (Å²) in [4.78, 5) is 68.4. The van der Waals surface area contributed by atoms with Gasteiger partial charge in [-0.05, 0) is 59.9 Å². The number of nitrogens with one attached hydrogen (secondary N) is 2. The summed E-state index contributed by atoms with van der Waals surface area (Å²) in [5.74, 6) is -3.72. The molecule has 12 heteroatoms. The van der Waals surface area contributed by atoms with Gasteiger partial charge in [-0.15, -0.1) is 13.2 Å². The molecule has 0 radical (unpaired) electrons. The molecule has 3 N–H and O–H groups in total. The van der Waals surface area contributed by atoms with Gasteiger partial charge in [0.1, 0.15) is 25.9 Å². The summed E-state index contributed by atoms with van der Waals surface area (Å²) in [7, 11) is 0. The molecule has 12 nitrogen and oxygen atoms in total. The minimum absolute atomic E-state index is 0.0389. The molecule has 3 aromatic rings. The van der Waals surface area contributed by atoms with E-state index in [0.717, 1.165) is 28.7 Å². The monoisotopic (exact) mass is 751 g/mol. The molecule has 0 unspecified atom stereocenters. The SMILES string of the molecule is C=CCC[C@H](NC(=O)OCC1c2ccccc2-c2ccccc21)C(=O)OC[C@@H](NC(=O)[C@@H](CC=C)CC(=O)N1CCC[C@H]1CO)C(=O)OCc1ccccc1. The van der Waals surface area contributed by atoms with E-state index in [-0.39, 0.29) is 57.0 Å². The van der Waals surface area contributed by atoms with E-state index in [9.17, 15) is 29.1 Å². The molecule has 1 fully saturated rings. The van der Waals surface area contributed by atoms with Crippen LogP contribution in [0.25, 0.3) is 11.1 Å². The molecule has 0 aromatic heterocycles. The van der Waals surface area contributed by atoms with Gasteiger partial charge >= 0.3 is 18.0 Å². The molecule has 3 aromatic carbocycles. The predicted octanol–water partition coefficient (Wildman–Crippen LogP) is 5.20. The van der Waals surface area contributed by atoms with Crippen molar-refractivity contribution in [3.63, 3.8) is 0 Å². The summed E-state index contributed by atoms with van der Waals surface area (Å²) in [5, 5.41) is 14.9. The van der Waals surface area contributed by atoms with Gasteiger partial charge in [-0.1, -0.05) is 91.0 Å². The minimum Gasteiger partial charge on any atom is -0.461 e. The number of allylic oxidation sites excluding steroid dienone is 2. The zero-order valence-corrected chi connectivity index (χ0v) is 30.9. The third-order valence-electron chi connectivity index (χ3n) is 9.95. The number of carbonyl (C=O) groups excluding carboxylic acids is 5. The van der Waals surface area contributed by atoms with Crippen LogP contribution in [0.5, 0.6) is 0 Å². The van der Waals surface area contributed by atoms with E-state index < -0.39 is 48.5 Å². The maximum atomic E-state index is 13.6. The normalized spacial score (nSPS) is 16.1. The van der Waals surface area contributed by atoms with Crippen molar-refractivity contribution in [2.45, 2.75) is 69.2 Å². The Balaban J connectivity index is 1.23. The molecular formula is C43H49N3O9. The Hall–Kier alpha value is -5.75. The smallest absolute Gasteiger partial charge is 0.407 e. The van der Waals surface area contributed by atoms with Crippen molar-refractivity contribution in [3.8, 4) is 11.1 Å². The van der Waals surface area contributed by atoms with Crippen LogP contribution in [-0.2, 0) is 40.0 Å². The fraction of sp³-hybridized carbons (Fsp3) is 0.372. The molecule has 2 aliphatic rings. The quantitative estimate of drug-likeness (QED) is 0.0851. The second-order valence-corrected chi connectivity index (χ2v) is 13.7. The molecule has 1 heterocycles. The molecule has 1 aliphatic carbocycles. The highest BCUT2D eigenvalue weighted by molar-refractivity contribution is 5.90. The molecule has 290 valence electrons. The third kappa shape index (κ3) is 10.7. The van der Waals surface area contributed by atoms with Gasteiger partial charge in [0, 0.05) is 18.9 Å². The van der Waals surface area contributed by atoms with Crippen molar-refractivity contribution in [3.05, 3.63) is 121 Å². The van der Waals surface area contributed by atoms with Crippen LogP contribution in [0.2, 0.25) is 0 Å². The number of carbonyl (C=O) groups is 5. The number of ether oxygens (including phenoxy) is 3. The summed E-state index contributed by atoms with van der Waals surface area (Å²) in [6.07, 6.45) is 4.15. The van der Waals surface area contributed by atoms with E-state index >= 15 is 0 Å². The summed E-state index contributed by atoms with van der Waals surface area (Å²) < 4.78 is 16.7. The number of hydrogen-bond acceptors (Lipinski definition) is 9. The van der Waals surface area contributed by atoms with Crippen molar-refractivity contribution in [2.75, 3.05) is 26.4 Å². The number of likely N-dealkylation sites (tertiary alicyclic amines) is 1. The van der Waals surface area contributed by atoms with Gasteiger partial charge in [-0.25, -0.2) is 14.4 Å². The lowest BCUT2D eigenvalue weighted by Crippen LogP contribution is -2.50. The van der Waals surface area contributed by atoms with Crippen molar-refractivity contribution in [2.24, 2.45) is 5.92 Å². The van der Waals surface area contributed by atoms with Crippen LogP contribution in [-0.4, -0.2) is 84.3 Å². The molecule has 0 saturated carbocycles. The number of hydrogen-bond donors (Lipinski definition) is 3. The standard InChI is InChI=1S/C43H49N3O9/c1-3-5-22-37(45-43(52)55-27-36-34-20-11-9-18-32(34)33-19-10-12-21-35(33)36)41(50)54-28-38(42(51)53-26-29-15-7-6-8-16-29)44-40(49)30(14-4-2)24-39(48)46-23-13-17-31(46)25-47/h3-4,6-12,15-16,18-21,30-31,36-38,47H,1-2,5,13-14,17,22-28H2,(H,44,49)(H,45,52)/t30-,31-,37-,38+/m0/s1. The molecule has 0 bridgehead atoms. The first kappa shape index (κ1) is 40.4. The average molecular weight is 752 g/mol. The molecule has 0 spiro atoms. The number of amides is 3. The number of aliphatic hydroxyl groups excluding tert-OH is 1. The number of nitrogens with zero attached hydrogens (tertiary/aromatic N) is 1. The molecule has 5 rings (SSSR count). The lowest BCUT2D eigenvalue weighted by atomic mass is 9.98. The van der Waals surface area contributed by atoms with Gasteiger partial charge in [0.25, 0.3) is 0 Å². The highest BCUT2D eigenvalue weighted by atomic mass is 16.6. The Morgan fingerprint density at radius 3 is 2.13 bits per heavy atom. The second kappa shape index (κ2) is 20.1. The Bertz CT molecular complexity index is 1780. The van der Waals surface area contributed by atoms with E-state index in [1.807, 2.05) is 54.6 Å². The maximum absolute atomic E-state index is 13.6. The average Bonchev–Trinajstić information content (AvgIpc) is 3.82. The molecule has 1 saturated heterocycles. The largest absolute Gasteiger partial charge is 0.461 e. The topological polar surface area (TPSA) is 161 Å². The van der Waals surface area contributed by atoms with Gasteiger partial charge in [-0.3, -0.25) is 9.59 Å². The third-order valence-corrected chi connectivity index (χ3v) is 9.95. The lowest BCUT2D eigenvalue weighted by Gasteiger charge is -2.26. The summed E-state index contributed by atoms with van der Waals surface area (Å²) >= 11 is 0. The summed E-state index contributed by atoms with van der Waals surface area (Å²) in [5.41, 5.74) is 4.93. The number of esters is 2. The zero-order valence-electron chi connectivity index (χ0n) is 30.9. The van der Waals surface area contributed by atoms with E-state index in [1.165, 1.54) is 6.08 Å². The maximum Gasteiger partial charge on any atom is 0.407 e. The minimum atomic E-state index is -1.44. The Morgan fingerprint density at radius 1 is 0.818 bits per heavy atom. The van der Waals surface area contributed by atoms with Crippen LogP contribution in [0.1, 0.15) is 61.1 Å². The number of rotatable bonds is 19. The Labute approximate surface area is 321 Å². The fourth-order valence-electron chi connectivity index (χ4n) is 7.04. The van der Waals surface area contributed by atoms with E-state index in [2.05, 4.69) is 23.8 Å². The number of aliphatic hydroxyl groups is 1. The number of fused-ring (bicyclic) bond motifs is 3. The van der Waals surface area contributed by atoms with Crippen LogP contribution in [0, 0.1) is 5.92 Å². The summed E-state index contributed by atoms with van der Waals surface area (Å²) in [6, 6.07) is 21.9. The number of benzene rings is 3. The van der Waals surface area contributed by atoms with Crippen LogP contribution in [0.4, 0.5) is 4.79 Å². The summed E-state index contributed by atoms with van der Waals surface area (Å²) in [6.45, 7) is 7.07. The first-order valence-electron chi connectivity index (χ1n) is 18.6. The second-order valence-electron chi connectivity index (χ2n) is 13.7. The zero-order chi connectivity index (χ0) is 39.2. The Kier molecular flexibility index (Phi) is 14.8. The van der Waals surface area contributed by atoms with E-state index in [4.69, 9.17) is 14.2 Å². The van der Waals surface area contributed by atoms with Gasteiger partial charge in [0.2, 0.25) is 11.8 Å². The lowest BCUT2D eigenvalue weighted by molar-refractivity contribution is -0.156. The molecule has 1 aliphatic heterocycles. The van der Waals surface area contributed by atoms with Crippen molar-refractivity contribution in [1.29, 1.82) is 0 Å². The molecule has 55 heavy (non-hydrogen) atoms. The molecule has 4 atom stereocenters. The van der Waals surface area contributed by atoms with Gasteiger partial charge in [-0.2, -0.15) is 0 Å².